The van der Waals surface area contributed by atoms with E-state index in [2.05, 4.69) is 10.6 Å². The van der Waals surface area contributed by atoms with Gasteiger partial charge in [-0.15, -0.1) is 0 Å². The van der Waals surface area contributed by atoms with Crippen molar-refractivity contribution < 1.29 is 9.59 Å². The van der Waals surface area contributed by atoms with E-state index >= 15 is 0 Å². The highest BCUT2D eigenvalue weighted by Crippen LogP contribution is 2.27. The van der Waals surface area contributed by atoms with Gasteiger partial charge in [0, 0.05) is 29.9 Å². The molecule has 0 aliphatic rings. The first-order valence-electron chi connectivity index (χ1n) is 10.4. The van der Waals surface area contributed by atoms with Crippen LogP contribution in [0.2, 0.25) is 0 Å². The minimum atomic E-state index is -0.0916. The Labute approximate surface area is 184 Å². The highest BCUT2D eigenvalue weighted by atomic mass is 16.2. The zero-order chi connectivity index (χ0) is 22.2. The largest absolute Gasteiger partial charge is 0.325 e. The second-order valence-corrected chi connectivity index (χ2v) is 7.74. The molecule has 2 amide bonds. The van der Waals surface area contributed by atoms with Gasteiger partial charge in [0.25, 0.3) is 0 Å². The number of carbonyl (C=O) groups is 2. The zero-order valence-corrected chi connectivity index (χ0v) is 18.3. The van der Waals surface area contributed by atoms with Gasteiger partial charge in [-0.2, -0.15) is 0 Å². The Hall–Kier alpha value is -3.44. The first-order valence-corrected chi connectivity index (χ1v) is 10.4. The van der Waals surface area contributed by atoms with Gasteiger partial charge in [0.15, 0.2) is 0 Å². The molecule has 0 spiro atoms. The first-order chi connectivity index (χ1) is 14.9. The second kappa shape index (κ2) is 10.5. The SMILES string of the molecule is Cc1cccc(NC(=O)CN(C)CCC(=O)Nc2ccccc2-c2ccccc2)c1C. The quantitative estimate of drug-likeness (QED) is 0.552. The molecule has 0 radical (unpaired) electrons. The molecule has 0 atom stereocenters. The van der Waals surface area contributed by atoms with Gasteiger partial charge in [-0.25, -0.2) is 0 Å². The number of amides is 2. The summed E-state index contributed by atoms with van der Waals surface area (Å²) in [6.07, 6.45) is 0.302. The smallest absolute Gasteiger partial charge is 0.238 e. The Morgan fingerprint density at radius 3 is 2.19 bits per heavy atom. The number of anilines is 2. The van der Waals surface area contributed by atoms with Crippen LogP contribution in [-0.4, -0.2) is 36.9 Å². The maximum absolute atomic E-state index is 12.5. The molecule has 0 aliphatic heterocycles. The maximum Gasteiger partial charge on any atom is 0.238 e. The number of likely N-dealkylation sites (N-methyl/N-ethyl adjacent to an activating group) is 1. The van der Waals surface area contributed by atoms with E-state index in [1.807, 2.05) is 98.6 Å². The minimum Gasteiger partial charge on any atom is -0.325 e. The number of benzene rings is 3. The normalized spacial score (nSPS) is 10.7. The number of rotatable bonds is 8. The molecule has 0 aromatic heterocycles. The Morgan fingerprint density at radius 1 is 0.774 bits per heavy atom. The number of para-hydroxylation sites is 1. The molecule has 2 N–H and O–H groups in total. The maximum atomic E-state index is 12.5. The van der Waals surface area contributed by atoms with Gasteiger partial charge < -0.3 is 10.6 Å². The molecule has 0 aliphatic carbocycles. The van der Waals surface area contributed by atoms with Gasteiger partial charge in [-0.05, 0) is 49.7 Å². The number of aryl methyl sites for hydroxylation is 1. The van der Waals surface area contributed by atoms with Crippen LogP contribution in [0.3, 0.4) is 0 Å². The van der Waals surface area contributed by atoms with Crippen molar-refractivity contribution in [1.29, 1.82) is 0 Å². The summed E-state index contributed by atoms with van der Waals surface area (Å²) in [7, 11) is 1.84. The van der Waals surface area contributed by atoms with Crippen molar-refractivity contribution in [3.05, 3.63) is 83.9 Å². The molecule has 0 saturated carbocycles. The fourth-order valence-electron chi connectivity index (χ4n) is 3.37. The molecule has 3 rings (SSSR count). The number of nitrogens with one attached hydrogen (secondary N) is 2. The second-order valence-electron chi connectivity index (χ2n) is 7.74. The molecular weight excluding hydrogens is 386 g/mol. The number of hydrogen-bond acceptors (Lipinski definition) is 3. The van der Waals surface area contributed by atoms with Crippen molar-refractivity contribution in [3.63, 3.8) is 0 Å². The summed E-state index contributed by atoms with van der Waals surface area (Å²) in [6.45, 7) is 4.72. The molecule has 3 aromatic rings. The van der Waals surface area contributed by atoms with Crippen molar-refractivity contribution in [2.75, 3.05) is 30.8 Å². The monoisotopic (exact) mass is 415 g/mol. The van der Waals surface area contributed by atoms with E-state index < -0.39 is 0 Å². The fourth-order valence-corrected chi connectivity index (χ4v) is 3.37. The van der Waals surface area contributed by atoms with E-state index in [0.717, 1.165) is 33.6 Å². The van der Waals surface area contributed by atoms with Crippen molar-refractivity contribution >= 4 is 23.2 Å². The lowest BCUT2D eigenvalue weighted by Crippen LogP contribution is -2.32. The summed E-state index contributed by atoms with van der Waals surface area (Å²) in [5.74, 6) is -0.170. The van der Waals surface area contributed by atoms with E-state index in [0.29, 0.717) is 13.0 Å². The molecule has 5 nitrogen and oxygen atoms in total. The van der Waals surface area contributed by atoms with Crippen LogP contribution in [0.25, 0.3) is 11.1 Å². The molecule has 31 heavy (non-hydrogen) atoms. The average Bonchev–Trinajstić information content (AvgIpc) is 2.76. The highest BCUT2D eigenvalue weighted by Gasteiger charge is 2.12. The van der Waals surface area contributed by atoms with Gasteiger partial charge in [-0.1, -0.05) is 60.7 Å². The lowest BCUT2D eigenvalue weighted by atomic mass is 10.0. The Morgan fingerprint density at radius 2 is 1.42 bits per heavy atom. The molecule has 0 saturated heterocycles. The minimum absolute atomic E-state index is 0.0785. The van der Waals surface area contributed by atoms with Crippen LogP contribution in [0.1, 0.15) is 17.5 Å². The Balaban J connectivity index is 1.51. The predicted octanol–water partition coefficient (Wildman–Crippen LogP) is 4.87. The molecule has 0 fully saturated rings. The van der Waals surface area contributed by atoms with Crippen molar-refractivity contribution in [2.45, 2.75) is 20.3 Å². The zero-order valence-electron chi connectivity index (χ0n) is 18.3. The van der Waals surface area contributed by atoms with E-state index in [4.69, 9.17) is 0 Å². The number of nitrogens with zero attached hydrogens (tertiary/aromatic N) is 1. The van der Waals surface area contributed by atoms with Gasteiger partial charge in [0.2, 0.25) is 11.8 Å². The van der Waals surface area contributed by atoms with Crippen LogP contribution in [-0.2, 0) is 9.59 Å². The molecule has 0 heterocycles. The Bertz CT molecular complexity index is 1050. The topological polar surface area (TPSA) is 61.4 Å². The van der Waals surface area contributed by atoms with Crippen LogP contribution in [0.4, 0.5) is 11.4 Å². The summed E-state index contributed by atoms with van der Waals surface area (Å²) in [5, 5.41) is 5.96. The summed E-state index contributed by atoms with van der Waals surface area (Å²) < 4.78 is 0. The van der Waals surface area contributed by atoms with Crippen LogP contribution >= 0.6 is 0 Å². The van der Waals surface area contributed by atoms with Crippen molar-refractivity contribution in [3.8, 4) is 11.1 Å². The highest BCUT2D eigenvalue weighted by molar-refractivity contribution is 5.96. The Kier molecular flexibility index (Phi) is 7.57. The first kappa shape index (κ1) is 22.2. The van der Waals surface area contributed by atoms with Gasteiger partial charge in [0.1, 0.15) is 0 Å². The third-order valence-corrected chi connectivity index (χ3v) is 5.30. The van der Waals surface area contributed by atoms with Crippen molar-refractivity contribution in [2.24, 2.45) is 0 Å². The summed E-state index contributed by atoms with van der Waals surface area (Å²) in [6, 6.07) is 23.6. The standard InChI is InChI=1S/C26H29N3O2/c1-19-10-9-15-23(20(19)2)27-26(31)18-29(3)17-16-25(30)28-24-14-8-7-13-22(24)21-11-5-4-6-12-21/h4-15H,16-18H2,1-3H3,(H,27,31)(H,28,30). The number of hydrogen-bond donors (Lipinski definition) is 2. The van der Waals surface area contributed by atoms with Gasteiger partial charge in [-0.3, -0.25) is 14.5 Å². The molecule has 0 unspecified atom stereocenters. The van der Waals surface area contributed by atoms with Crippen LogP contribution in [0.5, 0.6) is 0 Å². The summed E-state index contributed by atoms with van der Waals surface area (Å²) >= 11 is 0. The van der Waals surface area contributed by atoms with E-state index in [1.54, 1.807) is 0 Å². The molecule has 0 bridgehead atoms. The third kappa shape index (κ3) is 6.27. The fraction of sp³-hybridized carbons (Fsp3) is 0.231. The summed E-state index contributed by atoms with van der Waals surface area (Å²) in [4.78, 5) is 26.7. The predicted molar refractivity (Wildman–Crippen MR) is 127 cm³/mol. The van der Waals surface area contributed by atoms with Crippen LogP contribution in [0.15, 0.2) is 72.8 Å². The van der Waals surface area contributed by atoms with Crippen molar-refractivity contribution in [1.82, 2.24) is 4.90 Å². The van der Waals surface area contributed by atoms with E-state index in [9.17, 15) is 9.59 Å². The average molecular weight is 416 g/mol. The van der Waals surface area contributed by atoms with Crippen LogP contribution in [0, 0.1) is 13.8 Å². The number of carbonyl (C=O) groups excluding carboxylic acids is 2. The van der Waals surface area contributed by atoms with Gasteiger partial charge >= 0.3 is 0 Å². The molecule has 160 valence electrons. The summed E-state index contributed by atoms with van der Waals surface area (Å²) in [5.41, 5.74) is 5.85. The van der Waals surface area contributed by atoms with Gasteiger partial charge in [0.05, 0.1) is 6.54 Å². The third-order valence-electron chi connectivity index (χ3n) is 5.30. The molecule has 3 aromatic carbocycles. The van der Waals surface area contributed by atoms with E-state index in [-0.39, 0.29) is 18.4 Å². The molecular formula is C26H29N3O2. The lowest BCUT2D eigenvalue weighted by Gasteiger charge is -2.17. The van der Waals surface area contributed by atoms with Crippen LogP contribution < -0.4 is 10.6 Å². The lowest BCUT2D eigenvalue weighted by molar-refractivity contribution is -0.119. The molecule has 5 heteroatoms. The van der Waals surface area contributed by atoms with E-state index in [1.165, 1.54) is 0 Å².